The molecule has 7 N–H and O–H groups in total. The van der Waals surface area contributed by atoms with Gasteiger partial charge in [0.1, 0.15) is 11.6 Å². The monoisotopic (exact) mass is 759 g/mol. The Balaban J connectivity index is 0.966. The van der Waals surface area contributed by atoms with Gasteiger partial charge in [0, 0.05) is 64.8 Å². The number of carbonyl (C=O) groups excluding carboxylic acids is 5. The predicted octanol–water partition coefficient (Wildman–Crippen LogP) is 3.53. The van der Waals surface area contributed by atoms with Crippen LogP contribution in [0.3, 0.4) is 0 Å². The summed E-state index contributed by atoms with van der Waals surface area (Å²) in [7, 11) is 1.70. The average molecular weight is 760 g/mol. The van der Waals surface area contributed by atoms with E-state index >= 15 is 0 Å². The summed E-state index contributed by atoms with van der Waals surface area (Å²) in [6.07, 6.45) is 7.69. The lowest BCUT2D eigenvalue weighted by Gasteiger charge is -2.17. The molecule has 5 rings (SSSR count). The zero-order valence-corrected chi connectivity index (χ0v) is 31.9. The highest BCUT2D eigenvalue weighted by molar-refractivity contribution is 8.01. The number of carbonyl (C=O) groups is 5. The molecular weight excluding hydrogens is 707 g/mol. The fourth-order valence-electron chi connectivity index (χ4n) is 7.09. The van der Waals surface area contributed by atoms with Crippen molar-refractivity contribution < 1.29 is 24.0 Å². The van der Waals surface area contributed by atoms with E-state index in [0.29, 0.717) is 60.5 Å². The molecule has 15 heteroatoms. The number of amides is 4. The fraction of sp³-hybridized carbons (Fsp3) is 0.639. The van der Waals surface area contributed by atoms with Crippen molar-refractivity contribution in [1.29, 1.82) is 0 Å². The third-order valence-corrected chi connectivity index (χ3v) is 14.0. The van der Waals surface area contributed by atoms with E-state index in [-0.39, 0.29) is 54.5 Å². The molecule has 280 valence electrons. The van der Waals surface area contributed by atoms with Crippen molar-refractivity contribution in [1.82, 2.24) is 31.9 Å². The molecule has 12 nitrogen and oxygen atoms in total. The molecule has 4 amide bonds. The standard InChI is InChI=1S/C36H53N7O5S3/c1-22-39-27-20-49-29(33(27)40-22)10-4-3-8-24(44)9-7-17-38-35(47)31(18-25(45)19-37-2)51-26-15-13-23(14-16-26)41-32(46)12-6-5-11-30-34-28(21-50-30)42-36(48)43-34/h13-16,27-31,33-34,37,39-40H,1,3-12,17-21H2,2H3,(H,38,47)(H,41,46)(H2,42,43,48). The van der Waals surface area contributed by atoms with Gasteiger partial charge < -0.3 is 37.2 Å². The molecule has 4 heterocycles. The lowest BCUT2D eigenvalue weighted by Crippen LogP contribution is -2.36. The highest BCUT2D eigenvalue weighted by Gasteiger charge is 2.43. The largest absolute Gasteiger partial charge is 0.367 e. The van der Waals surface area contributed by atoms with Crippen molar-refractivity contribution in [2.45, 2.75) is 115 Å². The molecule has 0 bridgehead atoms. The van der Waals surface area contributed by atoms with Crippen LogP contribution in [0, 0.1) is 0 Å². The zero-order chi connectivity index (χ0) is 36.2. The molecule has 0 saturated carbocycles. The number of thioether (sulfide) groups is 3. The van der Waals surface area contributed by atoms with E-state index in [9.17, 15) is 24.0 Å². The SMILES string of the molecule is C=C1NC2CSC(CCCCC(=O)CCCNC(=O)C(CC(=O)CNC)Sc3ccc(NC(=O)CCCCC4SCC5NC(=O)NC54)cc3)C2N1. The van der Waals surface area contributed by atoms with Crippen LogP contribution in [0.15, 0.2) is 41.6 Å². The molecule has 1 aromatic carbocycles. The summed E-state index contributed by atoms with van der Waals surface area (Å²) in [5, 5.41) is 21.9. The highest BCUT2D eigenvalue weighted by Crippen LogP contribution is 2.35. The number of Topliss-reactive ketones (excluding diaryl/α,β-unsaturated/α-hetero) is 2. The Hall–Kier alpha value is -2.88. The van der Waals surface area contributed by atoms with Gasteiger partial charge in [-0.15, -0.1) is 11.8 Å². The van der Waals surface area contributed by atoms with E-state index in [4.69, 9.17) is 0 Å². The quantitative estimate of drug-likeness (QED) is 0.0525. The number of benzene rings is 1. The Labute approximate surface area is 314 Å². The van der Waals surface area contributed by atoms with Gasteiger partial charge in [0.2, 0.25) is 11.8 Å². The summed E-state index contributed by atoms with van der Waals surface area (Å²) in [5.41, 5.74) is 0.677. The molecule has 4 aliphatic rings. The molecule has 0 spiro atoms. The molecular formula is C36H53N7O5S3. The van der Waals surface area contributed by atoms with Crippen LogP contribution in [0.2, 0.25) is 0 Å². The number of urea groups is 1. The number of likely N-dealkylation sites (N-methyl/N-ethyl adjacent to an activating group) is 1. The van der Waals surface area contributed by atoms with Gasteiger partial charge in [0.05, 0.1) is 41.8 Å². The van der Waals surface area contributed by atoms with Crippen molar-refractivity contribution in [3.63, 3.8) is 0 Å². The lowest BCUT2D eigenvalue weighted by molar-refractivity contribution is -0.124. The summed E-state index contributed by atoms with van der Waals surface area (Å²) >= 11 is 5.19. The van der Waals surface area contributed by atoms with E-state index in [0.717, 1.165) is 60.7 Å². The third kappa shape index (κ3) is 12.1. The van der Waals surface area contributed by atoms with Crippen LogP contribution < -0.4 is 37.2 Å². The van der Waals surface area contributed by atoms with Gasteiger partial charge in [0.15, 0.2) is 0 Å². The number of rotatable bonds is 22. The Morgan fingerprint density at radius 3 is 2.20 bits per heavy atom. The van der Waals surface area contributed by atoms with Crippen molar-refractivity contribution in [3.05, 3.63) is 36.7 Å². The molecule has 0 aromatic heterocycles. The van der Waals surface area contributed by atoms with Crippen LogP contribution in [0.4, 0.5) is 10.5 Å². The van der Waals surface area contributed by atoms with E-state index in [1.807, 2.05) is 47.8 Å². The van der Waals surface area contributed by atoms with Crippen LogP contribution in [-0.2, 0) is 19.2 Å². The molecule has 1 aromatic rings. The van der Waals surface area contributed by atoms with Gasteiger partial charge in [-0.25, -0.2) is 4.79 Å². The molecule has 0 radical (unpaired) electrons. The minimum atomic E-state index is -0.613. The predicted molar refractivity (Wildman–Crippen MR) is 207 cm³/mol. The van der Waals surface area contributed by atoms with Gasteiger partial charge in [-0.3, -0.25) is 19.2 Å². The first kappa shape index (κ1) is 39.3. The molecule has 0 aliphatic carbocycles. The van der Waals surface area contributed by atoms with E-state index < -0.39 is 5.25 Å². The number of hydrogen-bond acceptors (Lipinski definition) is 11. The normalized spacial score (nSPS) is 25.2. The highest BCUT2D eigenvalue weighted by atomic mass is 32.2. The zero-order valence-electron chi connectivity index (χ0n) is 29.4. The second-order valence-corrected chi connectivity index (χ2v) is 17.6. The van der Waals surface area contributed by atoms with Gasteiger partial charge in [-0.05, 0) is 63.4 Å². The minimum absolute atomic E-state index is 0.0519. The number of anilines is 1. The van der Waals surface area contributed by atoms with Crippen molar-refractivity contribution in [2.24, 2.45) is 0 Å². The second-order valence-electron chi connectivity index (χ2n) is 13.8. The third-order valence-electron chi connectivity index (χ3n) is 9.73. The van der Waals surface area contributed by atoms with Gasteiger partial charge in [-0.1, -0.05) is 19.4 Å². The van der Waals surface area contributed by atoms with Gasteiger partial charge >= 0.3 is 6.03 Å². The Kier molecular flexibility index (Phi) is 15.3. The number of fused-ring (bicyclic) bond motifs is 2. The molecule has 4 fully saturated rings. The maximum atomic E-state index is 13.2. The number of hydrogen-bond donors (Lipinski definition) is 7. The van der Waals surface area contributed by atoms with Crippen molar-refractivity contribution >= 4 is 70.4 Å². The van der Waals surface area contributed by atoms with Crippen LogP contribution in [0.25, 0.3) is 0 Å². The number of ketones is 2. The van der Waals surface area contributed by atoms with Gasteiger partial charge in [-0.2, -0.15) is 23.5 Å². The maximum Gasteiger partial charge on any atom is 0.315 e. The van der Waals surface area contributed by atoms with Crippen molar-refractivity contribution in [2.75, 3.05) is 37.0 Å². The Morgan fingerprint density at radius 1 is 0.843 bits per heavy atom. The maximum absolute atomic E-state index is 13.2. The average Bonchev–Trinajstić information content (AvgIpc) is 3.86. The number of unbranched alkanes of at least 4 members (excludes halogenated alkanes) is 2. The minimum Gasteiger partial charge on any atom is -0.367 e. The van der Waals surface area contributed by atoms with Crippen LogP contribution in [0.1, 0.15) is 70.6 Å². The van der Waals surface area contributed by atoms with Crippen LogP contribution >= 0.6 is 35.3 Å². The fourth-order valence-corrected chi connectivity index (χ4v) is 11.3. The summed E-state index contributed by atoms with van der Waals surface area (Å²) in [5.74, 6) is 2.82. The van der Waals surface area contributed by atoms with Crippen LogP contribution in [0.5, 0.6) is 0 Å². The first-order valence-electron chi connectivity index (χ1n) is 18.2. The van der Waals surface area contributed by atoms with Gasteiger partial charge in [0.25, 0.3) is 0 Å². The summed E-state index contributed by atoms with van der Waals surface area (Å²) in [6, 6.07) is 8.52. The second kappa shape index (κ2) is 19.8. The first-order valence-corrected chi connectivity index (χ1v) is 21.2. The van der Waals surface area contributed by atoms with Crippen LogP contribution in [-0.4, -0.2) is 101 Å². The Morgan fingerprint density at radius 2 is 1.49 bits per heavy atom. The van der Waals surface area contributed by atoms with E-state index in [1.54, 1.807) is 7.05 Å². The molecule has 7 atom stereocenters. The summed E-state index contributed by atoms with van der Waals surface area (Å²) in [6.45, 7) is 4.54. The van der Waals surface area contributed by atoms with Crippen molar-refractivity contribution in [3.8, 4) is 0 Å². The summed E-state index contributed by atoms with van der Waals surface area (Å²) < 4.78 is 0. The molecule has 7 unspecified atom stereocenters. The summed E-state index contributed by atoms with van der Waals surface area (Å²) in [4.78, 5) is 63.1. The molecule has 4 saturated heterocycles. The topological polar surface area (TPSA) is 170 Å². The first-order chi connectivity index (χ1) is 24.7. The molecule has 51 heavy (non-hydrogen) atoms. The Bertz CT molecular complexity index is 1400. The molecule has 4 aliphatic heterocycles. The number of nitrogens with one attached hydrogen (secondary N) is 7. The lowest BCUT2D eigenvalue weighted by atomic mass is 10.0. The smallest absolute Gasteiger partial charge is 0.315 e. The van der Waals surface area contributed by atoms with E-state index in [1.165, 1.54) is 11.8 Å². The van der Waals surface area contributed by atoms with E-state index in [2.05, 4.69) is 43.8 Å².